The second-order valence-corrected chi connectivity index (χ2v) is 7.09. The van der Waals surface area contributed by atoms with Crippen molar-refractivity contribution in [2.45, 2.75) is 19.3 Å². The Morgan fingerprint density at radius 3 is 2.57 bits per heavy atom. The molecule has 0 spiro atoms. The van der Waals surface area contributed by atoms with E-state index in [0.29, 0.717) is 17.7 Å². The molecule has 1 fully saturated rings. The van der Waals surface area contributed by atoms with Crippen molar-refractivity contribution in [1.82, 2.24) is 15.2 Å². The van der Waals surface area contributed by atoms with Crippen LogP contribution in [0.25, 0.3) is 0 Å². The van der Waals surface area contributed by atoms with Crippen molar-refractivity contribution in [1.29, 1.82) is 0 Å². The number of para-hydroxylation sites is 2. The van der Waals surface area contributed by atoms with E-state index in [1.165, 1.54) is 5.56 Å². The maximum Gasteiger partial charge on any atom is 0.247 e. The van der Waals surface area contributed by atoms with Crippen LogP contribution in [0, 0.1) is 5.92 Å². The van der Waals surface area contributed by atoms with Crippen LogP contribution >= 0.6 is 0 Å². The Bertz CT molecular complexity index is 894. The standard InChI is InChI=1S/C22H25N5O/c1-28-20-10-6-5-9-19(20)24-21-16-23-26-22(25-21)27-13-11-18(12-14-27)15-17-7-3-2-4-8-17/h2-10,16,18H,11-15H2,1H3,(H,24,25,26). The second-order valence-electron chi connectivity index (χ2n) is 7.09. The first-order valence-corrected chi connectivity index (χ1v) is 9.70. The minimum absolute atomic E-state index is 0.668. The maximum absolute atomic E-state index is 5.39. The molecule has 2 heterocycles. The normalized spacial score (nSPS) is 14.7. The van der Waals surface area contributed by atoms with Crippen LogP contribution in [-0.4, -0.2) is 35.4 Å². The Morgan fingerprint density at radius 1 is 1.04 bits per heavy atom. The molecular formula is C22H25N5O. The summed E-state index contributed by atoms with van der Waals surface area (Å²) in [6, 6.07) is 18.5. The van der Waals surface area contributed by atoms with Crippen LogP contribution in [0.4, 0.5) is 17.5 Å². The third-order valence-corrected chi connectivity index (χ3v) is 5.18. The van der Waals surface area contributed by atoms with Crippen molar-refractivity contribution >= 4 is 17.5 Å². The number of rotatable bonds is 6. The summed E-state index contributed by atoms with van der Waals surface area (Å²) in [5, 5.41) is 11.7. The fourth-order valence-electron chi connectivity index (χ4n) is 3.66. The van der Waals surface area contributed by atoms with Gasteiger partial charge in [-0.25, -0.2) is 0 Å². The summed E-state index contributed by atoms with van der Waals surface area (Å²) in [4.78, 5) is 6.89. The molecular weight excluding hydrogens is 350 g/mol. The van der Waals surface area contributed by atoms with Crippen molar-refractivity contribution in [2.75, 3.05) is 30.4 Å². The summed E-state index contributed by atoms with van der Waals surface area (Å²) < 4.78 is 5.39. The molecule has 0 amide bonds. The number of nitrogens with one attached hydrogen (secondary N) is 1. The van der Waals surface area contributed by atoms with Gasteiger partial charge in [-0.15, -0.1) is 5.10 Å². The molecule has 2 aromatic carbocycles. The molecule has 6 nitrogen and oxygen atoms in total. The van der Waals surface area contributed by atoms with E-state index < -0.39 is 0 Å². The molecule has 0 atom stereocenters. The molecule has 1 aliphatic heterocycles. The number of aromatic nitrogens is 3. The summed E-state index contributed by atoms with van der Waals surface area (Å²) >= 11 is 0. The SMILES string of the molecule is COc1ccccc1Nc1cnnc(N2CCC(Cc3ccccc3)CC2)n1. The predicted octanol–water partition coefficient (Wildman–Crippen LogP) is 4.08. The van der Waals surface area contributed by atoms with E-state index in [1.54, 1.807) is 13.3 Å². The molecule has 0 radical (unpaired) electrons. The van der Waals surface area contributed by atoms with E-state index in [1.807, 2.05) is 24.3 Å². The number of methoxy groups -OCH3 is 1. The van der Waals surface area contributed by atoms with E-state index >= 15 is 0 Å². The van der Waals surface area contributed by atoms with Crippen LogP contribution in [0.5, 0.6) is 5.75 Å². The molecule has 28 heavy (non-hydrogen) atoms. The Morgan fingerprint density at radius 2 is 1.79 bits per heavy atom. The van der Waals surface area contributed by atoms with E-state index in [0.717, 1.165) is 43.8 Å². The van der Waals surface area contributed by atoms with Gasteiger partial charge in [-0.3, -0.25) is 0 Å². The van der Waals surface area contributed by atoms with Gasteiger partial charge in [0, 0.05) is 13.1 Å². The fourth-order valence-corrected chi connectivity index (χ4v) is 3.66. The molecule has 1 saturated heterocycles. The van der Waals surface area contributed by atoms with E-state index in [2.05, 4.69) is 55.7 Å². The molecule has 0 unspecified atom stereocenters. The van der Waals surface area contributed by atoms with Crippen LogP contribution in [0.3, 0.4) is 0 Å². The van der Waals surface area contributed by atoms with Gasteiger partial charge in [-0.1, -0.05) is 42.5 Å². The third kappa shape index (κ3) is 4.39. The van der Waals surface area contributed by atoms with Crippen LogP contribution < -0.4 is 15.0 Å². The molecule has 1 aliphatic rings. The zero-order valence-corrected chi connectivity index (χ0v) is 16.1. The maximum atomic E-state index is 5.39. The van der Waals surface area contributed by atoms with Gasteiger partial charge in [0.1, 0.15) is 5.75 Å². The Hall–Kier alpha value is -3.15. The number of hydrogen-bond donors (Lipinski definition) is 1. The number of piperidine rings is 1. The monoisotopic (exact) mass is 375 g/mol. The first kappa shape index (κ1) is 18.2. The first-order chi connectivity index (χ1) is 13.8. The average Bonchev–Trinajstić information content (AvgIpc) is 2.76. The topological polar surface area (TPSA) is 63.2 Å². The highest BCUT2D eigenvalue weighted by molar-refractivity contribution is 5.64. The number of ether oxygens (including phenoxy) is 1. The van der Waals surface area contributed by atoms with Crippen molar-refractivity contribution in [2.24, 2.45) is 5.92 Å². The summed E-state index contributed by atoms with van der Waals surface area (Å²) in [5.41, 5.74) is 2.28. The molecule has 0 aliphatic carbocycles. The highest BCUT2D eigenvalue weighted by Crippen LogP contribution is 2.27. The van der Waals surface area contributed by atoms with Gasteiger partial charge in [-0.2, -0.15) is 10.1 Å². The van der Waals surface area contributed by atoms with Gasteiger partial charge in [0.25, 0.3) is 0 Å². The number of nitrogens with zero attached hydrogens (tertiary/aromatic N) is 4. The van der Waals surface area contributed by atoms with Gasteiger partial charge in [0.05, 0.1) is 19.0 Å². The molecule has 4 rings (SSSR count). The smallest absolute Gasteiger partial charge is 0.247 e. The van der Waals surface area contributed by atoms with Gasteiger partial charge in [0.2, 0.25) is 5.95 Å². The molecule has 3 aromatic rings. The van der Waals surface area contributed by atoms with Crippen molar-refractivity contribution < 1.29 is 4.74 Å². The van der Waals surface area contributed by atoms with Crippen LogP contribution in [0.15, 0.2) is 60.8 Å². The highest BCUT2D eigenvalue weighted by atomic mass is 16.5. The van der Waals surface area contributed by atoms with Gasteiger partial charge in [0.15, 0.2) is 5.82 Å². The average molecular weight is 375 g/mol. The first-order valence-electron chi connectivity index (χ1n) is 9.70. The van der Waals surface area contributed by atoms with E-state index in [-0.39, 0.29) is 0 Å². The Balaban J connectivity index is 1.38. The number of hydrogen-bond acceptors (Lipinski definition) is 6. The van der Waals surface area contributed by atoms with Gasteiger partial charge >= 0.3 is 0 Å². The minimum atomic E-state index is 0.668. The number of benzene rings is 2. The predicted molar refractivity (Wildman–Crippen MR) is 111 cm³/mol. The summed E-state index contributed by atoms with van der Waals surface area (Å²) in [5.74, 6) is 2.82. The lowest BCUT2D eigenvalue weighted by Gasteiger charge is -2.31. The van der Waals surface area contributed by atoms with Crippen LogP contribution in [0.2, 0.25) is 0 Å². The fraction of sp³-hybridized carbons (Fsp3) is 0.318. The lowest BCUT2D eigenvalue weighted by atomic mass is 9.90. The lowest BCUT2D eigenvalue weighted by Crippen LogP contribution is -2.35. The molecule has 144 valence electrons. The van der Waals surface area contributed by atoms with Crippen molar-refractivity contribution in [3.8, 4) is 5.75 Å². The quantitative estimate of drug-likeness (QED) is 0.700. The zero-order valence-electron chi connectivity index (χ0n) is 16.1. The van der Waals surface area contributed by atoms with E-state index in [4.69, 9.17) is 4.74 Å². The summed E-state index contributed by atoms with van der Waals surface area (Å²) in [6.07, 6.45) is 5.06. The number of anilines is 3. The molecule has 6 heteroatoms. The second kappa shape index (κ2) is 8.69. The van der Waals surface area contributed by atoms with Gasteiger partial charge in [-0.05, 0) is 42.9 Å². The van der Waals surface area contributed by atoms with Crippen molar-refractivity contribution in [3.05, 3.63) is 66.4 Å². The summed E-state index contributed by atoms with van der Waals surface area (Å²) in [6.45, 7) is 1.91. The van der Waals surface area contributed by atoms with E-state index in [9.17, 15) is 0 Å². The molecule has 0 bridgehead atoms. The summed E-state index contributed by atoms with van der Waals surface area (Å²) in [7, 11) is 1.66. The largest absolute Gasteiger partial charge is 0.495 e. The Labute approximate surface area is 165 Å². The minimum Gasteiger partial charge on any atom is -0.495 e. The third-order valence-electron chi connectivity index (χ3n) is 5.18. The van der Waals surface area contributed by atoms with Crippen LogP contribution in [-0.2, 0) is 6.42 Å². The highest BCUT2D eigenvalue weighted by Gasteiger charge is 2.21. The van der Waals surface area contributed by atoms with Crippen LogP contribution in [0.1, 0.15) is 18.4 Å². The molecule has 0 saturated carbocycles. The lowest BCUT2D eigenvalue weighted by molar-refractivity contribution is 0.400. The van der Waals surface area contributed by atoms with Gasteiger partial charge < -0.3 is 15.0 Å². The molecule has 1 N–H and O–H groups in total. The molecule has 1 aromatic heterocycles. The van der Waals surface area contributed by atoms with Crippen molar-refractivity contribution in [3.63, 3.8) is 0 Å². The Kier molecular flexibility index (Phi) is 5.66. The zero-order chi connectivity index (χ0) is 19.2.